The van der Waals surface area contributed by atoms with Crippen molar-refractivity contribution in [1.82, 2.24) is 0 Å². The Labute approximate surface area is 161 Å². The Morgan fingerprint density at radius 3 is 1.78 bits per heavy atom. The van der Waals surface area contributed by atoms with E-state index in [4.69, 9.17) is 25.8 Å². The highest BCUT2D eigenvalue weighted by Crippen LogP contribution is 2.25. The predicted molar refractivity (Wildman–Crippen MR) is 101 cm³/mol. The number of carbonyl (C=O) groups excluding carboxylic acids is 3. The van der Waals surface area contributed by atoms with Gasteiger partial charge in [0, 0.05) is 19.9 Å². The molecule has 0 aromatic heterocycles. The zero-order valence-electron chi connectivity index (χ0n) is 14.7. The summed E-state index contributed by atoms with van der Waals surface area (Å²) in [5.41, 5.74) is 1.51. The number of benzene rings is 2. The minimum Gasteiger partial charge on any atom is -0.427 e. The van der Waals surface area contributed by atoms with Crippen molar-refractivity contribution in [3.05, 3.63) is 53.6 Å². The van der Waals surface area contributed by atoms with E-state index in [1.165, 1.54) is 19.9 Å². The van der Waals surface area contributed by atoms with Crippen molar-refractivity contribution in [3.63, 3.8) is 0 Å². The van der Waals surface area contributed by atoms with Gasteiger partial charge in [-0.3, -0.25) is 14.4 Å². The van der Waals surface area contributed by atoms with Crippen molar-refractivity contribution in [2.45, 2.75) is 13.8 Å². The zero-order chi connectivity index (χ0) is 19.8. The first kappa shape index (κ1) is 20.2. The Hall–Kier alpha value is -3.12. The van der Waals surface area contributed by atoms with Gasteiger partial charge in [0.25, 0.3) is 0 Å². The molecule has 0 unspecified atom stereocenters. The summed E-state index contributed by atoms with van der Waals surface area (Å²) in [5.74, 6) is -0.773. The van der Waals surface area contributed by atoms with Gasteiger partial charge in [-0.05, 0) is 35.4 Å². The van der Waals surface area contributed by atoms with Crippen LogP contribution < -0.4 is 14.2 Å². The van der Waals surface area contributed by atoms with E-state index < -0.39 is 17.9 Å². The maximum absolute atomic E-state index is 11.2. The molecule has 140 valence electrons. The van der Waals surface area contributed by atoms with E-state index >= 15 is 0 Å². The summed E-state index contributed by atoms with van der Waals surface area (Å²) in [5, 5.41) is 0. The Balaban J connectivity index is 2.20. The number of halogens is 1. The van der Waals surface area contributed by atoms with E-state index in [-0.39, 0.29) is 17.4 Å². The largest absolute Gasteiger partial charge is 0.427 e. The van der Waals surface area contributed by atoms with E-state index in [0.29, 0.717) is 11.3 Å². The van der Waals surface area contributed by atoms with E-state index in [2.05, 4.69) is 0 Å². The van der Waals surface area contributed by atoms with Crippen LogP contribution in [0.3, 0.4) is 0 Å². The van der Waals surface area contributed by atoms with Gasteiger partial charge in [0.2, 0.25) is 0 Å². The summed E-state index contributed by atoms with van der Waals surface area (Å²) in [6.45, 7) is 2.57. The number of ether oxygens (including phenoxy) is 3. The Morgan fingerprint density at radius 1 is 0.778 bits per heavy atom. The zero-order valence-corrected chi connectivity index (χ0v) is 15.5. The minimum absolute atomic E-state index is 0.217. The van der Waals surface area contributed by atoms with E-state index in [9.17, 15) is 14.4 Å². The molecule has 0 saturated carbocycles. The molecule has 2 rings (SSSR count). The second kappa shape index (κ2) is 9.54. The highest BCUT2D eigenvalue weighted by molar-refractivity contribution is 6.26. The van der Waals surface area contributed by atoms with Crippen molar-refractivity contribution in [2.24, 2.45) is 0 Å². The third-order valence-electron chi connectivity index (χ3n) is 3.11. The minimum atomic E-state index is -0.528. The first-order valence-corrected chi connectivity index (χ1v) is 8.46. The average Bonchev–Trinajstić information content (AvgIpc) is 2.59. The van der Waals surface area contributed by atoms with Crippen LogP contribution in [0.5, 0.6) is 17.2 Å². The van der Waals surface area contributed by atoms with Gasteiger partial charge < -0.3 is 14.2 Å². The predicted octanol–water partition coefficient (Wildman–Crippen LogP) is 3.85. The topological polar surface area (TPSA) is 78.9 Å². The van der Waals surface area contributed by atoms with Crippen LogP contribution in [0.25, 0.3) is 12.2 Å². The molecule has 7 heteroatoms. The maximum atomic E-state index is 11.2. The maximum Gasteiger partial charge on any atom is 0.326 e. The quantitative estimate of drug-likeness (QED) is 0.323. The molecule has 0 fully saturated rings. The fourth-order valence-corrected chi connectivity index (χ4v) is 2.19. The van der Waals surface area contributed by atoms with E-state index in [1.807, 2.05) is 0 Å². The molecular formula is C20H17ClO6. The lowest BCUT2D eigenvalue weighted by Crippen LogP contribution is -2.08. The van der Waals surface area contributed by atoms with Gasteiger partial charge in [-0.15, -0.1) is 11.6 Å². The lowest BCUT2D eigenvalue weighted by atomic mass is 10.1. The molecule has 0 bridgehead atoms. The molecule has 0 atom stereocenters. The fourth-order valence-electron chi connectivity index (χ4n) is 2.14. The van der Waals surface area contributed by atoms with Crippen LogP contribution in [-0.2, 0) is 14.4 Å². The fraction of sp³-hybridized carbons (Fsp3) is 0.150. The van der Waals surface area contributed by atoms with E-state index in [1.54, 1.807) is 48.6 Å². The van der Waals surface area contributed by atoms with Crippen molar-refractivity contribution in [2.75, 3.05) is 5.88 Å². The normalized spacial score (nSPS) is 10.5. The lowest BCUT2D eigenvalue weighted by molar-refractivity contribution is -0.132. The SMILES string of the molecule is CC(=O)Oc1cc(C=Cc2ccc(OC(=O)CCl)cc2)cc(OC(C)=O)c1. The molecule has 27 heavy (non-hydrogen) atoms. The van der Waals surface area contributed by atoms with Gasteiger partial charge >= 0.3 is 17.9 Å². The number of hydrogen-bond donors (Lipinski definition) is 0. The third kappa shape index (κ3) is 6.95. The van der Waals surface area contributed by atoms with Gasteiger partial charge in [-0.1, -0.05) is 24.3 Å². The molecule has 6 nitrogen and oxygen atoms in total. The Morgan fingerprint density at radius 2 is 1.30 bits per heavy atom. The smallest absolute Gasteiger partial charge is 0.326 e. The van der Waals surface area contributed by atoms with Crippen LogP contribution in [-0.4, -0.2) is 23.8 Å². The molecule has 0 N–H and O–H groups in total. The van der Waals surface area contributed by atoms with Crippen LogP contribution in [0.4, 0.5) is 0 Å². The molecule has 0 amide bonds. The van der Waals surface area contributed by atoms with E-state index in [0.717, 1.165) is 5.56 Å². The number of carbonyl (C=O) groups is 3. The average molecular weight is 389 g/mol. The molecule has 0 spiro atoms. The van der Waals surface area contributed by atoms with Crippen LogP contribution in [0.15, 0.2) is 42.5 Å². The van der Waals surface area contributed by atoms with Crippen molar-refractivity contribution in [3.8, 4) is 17.2 Å². The van der Waals surface area contributed by atoms with Crippen molar-refractivity contribution in [1.29, 1.82) is 0 Å². The summed E-state index contributed by atoms with van der Waals surface area (Å²) in [6, 6.07) is 11.5. The second-order valence-corrected chi connectivity index (χ2v) is 5.70. The molecule has 2 aromatic carbocycles. The standard InChI is InChI=1S/C20H17ClO6/c1-13(22)25-18-9-16(10-19(11-18)26-14(2)23)4-3-15-5-7-17(8-6-15)27-20(24)12-21/h3-11H,12H2,1-2H3. The van der Waals surface area contributed by atoms with Gasteiger partial charge in [0.1, 0.15) is 23.1 Å². The first-order chi connectivity index (χ1) is 12.9. The second-order valence-electron chi connectivity index (χ2n) is 5.44. The van der Waals surface area contributed by atoms with Crippen LogP contribution in [0.2, 0.25) is 0 Å². The Kier molecular flexibility index (Phi) is 7.14. The van der Waals surface area contributed by atoms with Gasteiger partial charge in [0.15, 0.2) is 0 Å². The lowest BCUT2D eigenvalue weighted by Gasteiger charge is -2.07. The first-order valence-electron chi connectivity index (χ1n) is 7.92. The van der Waals surface area contributed by atoms with Gasteiger partial charge in [-0.25, -0.2) is 0 Å². The van der Waals surface area contributed by atoms with Crippen molar-refractivity contribution >= 4 is 41.7 Å². The third-order valence-corrected chi connectivity index (χ3v) is 3.33. The summed E-state index contributed by atoms with van der Waals surface area (Å²) in [7, 11) is 0. The number of hydrogen-bond acceptors (Lipinski definition) is 6. The molecule has 0 saturated heterocycles. The molecule has 0 radical (unpaired) electrons. The molecule has 0 aliphatic carbocycles. The summed E-state index contributed by atoms with van der Waals surface area (Å²) in [6.07, 6.45) is 3.57. The molecule has 0 aliphatic rings. The number of esters is 3. The number of rotatable bonds is 6. The molecule has 0 aliphatic heterocycles. The van der Waals surface area contributed by atoms with Crippen LogP contribution in [0.1, 0.15) is 25.0 Å². The highest BCUT2D eigenvalue weighted by Gasteiger charge is 2.06. The summed E-state index contributed by atoms with van der Waals surface area (Å²) in [4.78, 5) is 33.5. The molecule has 2 aromatic rings. The van der Waals surface area contributed by atoms with Crippen LogP contribution in [0, 0.1) is 0 Å². The molecular weight excluding hydrogens is 372 g/mol. The van der Waals surface area contributed by atoms with Gasteiger partial charge in [-0.2, -0.15) is 0 Å². The number of alkyl halides is 1. The van der Waals surface area contributed by atoms with Crippen molar-refractivity contribution < 1.29 is 28.6 Å². The summed E-state index contributed by atoms with van der Waals surface area (Å²) < 4.78 is 15.1. The Bertz CT molecular complexity index is 836. The monoisotopic (exact) mass is 388 g/mol. The highest BCUT2D eigenvalue weighted by atomic mass is 35.5. The van der Waals surface area contributed by atoms with Crippen LogP contribution >= 0.6 is 11.6 Å². The summed E-state index contributed by atoms with van der Waals surface area (Å²) >= 11 is 5.39. The van der Waals surface area contributed by atoms with Gasteiger partial charge in [0.05, 0.1) is 0 Å². The molecule has 0 heterocycles.